The number of nitrogens with zero attached hydrogens (tertiary/aromatic N) is 2. The van der Waals surface area contributed by atoms with Crippen molar-refractivity contribution in [2.75, 3.05) is 7.11 Å². The summed E-state index contributed by atoms with van der Waals surface area (Å²) in [6.45, 7) is 0. The van der Waals surface area contributed by atoms with Crippen LogP contribution >= 0.6 is 0 Å². The molecule has 0 aliphatic carbocycles. The summed E-state index contributed by atoms with van der Waals surface area (Å²) in [6.07, 6.45) is -3.43. The Kier molecular flexibility index (Phi) is 6.05. The molecule has 11 heteroatoms. The number of nitro groups is 1. The van der Waals surface area contributed by atoms with Crippen molar-refractivity contribution >= 4 is 17.8 Å². The second-order valence-electron chi connectivity index (χ2n) is 6.12. The highest BCUT2D eigenvalue weighted by Crippen LogP contribution is 2.34. The zero-order chi connectivity index (χ0) is 22.6. The minimum Gasteiger partial charge on any atom is -0.496 e. The molecule has 0 bridgehead atoms. The molecule has 1 N–H and O–H groups in total. The molecule has 1 heterocycles. The number of non-ortho nitro benzene ring substituents is 1. The van der Waals surface area contributed by atoms with Gasteiger partial charge >= 0.3 is 6.18 Å². The van der Waals surface area contributed by atoms with E-state index in [1.165, 1.54) is 43.5 Å². The number of ether oxygens (including phenoxy) is 1. The first-order valence-electron chi connectivity index (χ1n) is 8.62. The van der Waals surface area contributed by atoms with Gasteiger partial charge in [0.15, 0.2) is 0 Å². The van der Waals surface area contributed by atoms with Crippen LogP contribution in [0.5, 0.6) is 5.75 Å². The van der Waals surface area contributed by atoms with E-state index >= 15 is 0 Å². The molecule has 0 spiro atoms. The number of hydrogen-bond acceptors (Lipinski definition) is 6. The standard InChI is InChI=1S/C20H14F3N3O5/c1-30-17-7-5-14(26(28)29)10-16(17)18-8-6-15(31-18)11-24-25-19(27)12-3-2-4-13(9-12)20(21,22)23/h2-11H,1H3,(H,25,27)/b24-11-. The number of benzene rings is 2. The molecule has 0 radical (unpaired) electrons. The van der Waals surface area contributed by atoms with Gasteiger partial charge in [-0.15, -0.1) is 0 Å². The van der Waals surface area contributed by atoms with Gasteiger partial charge in [-0.05, 0) is 36.4 Å². The number of amides is 1. The van der Waals surface area contributed by atoms with Crippen LogP contribution in [0.4, 0.5) is 18.9 Å². The summed E-state index contributed by atoms with van der Waals surface area (Å²) in [5.41, 5.74) is 1.12. The Balaban J connectivity index is 1.74. The van der Waals surface area contributed by atoms with Crippen LogP contribution in [0, 0.1) is 10.1 Å². The van der Waals surface area contributed by atoms with E-state index in [-0.39, 0.29) is 22.8 Å². The normalized spacial score (nSPS) is 11.5. The maximum atomic E-state index is 12.8. The number of alkyl halides is 3. The Morgan fingerprint density at radius 1 is 1.19 bits per heavy atom. The lowest BCUT2D eigenvalue weighted by Crippen LogP contribution is -2.18. The van der Waals surface area contributed by atoms with Crippen LogP contribution in [-0.2, 0) is 6.18 Å². The molecule has 0 unspecified atom stereocenters. The van der Waals surface area contributed by atoms with E-state index in [2.05, 4.69) is 10.5 Å². The van der Waals surface area contributed by atoms with Crippen molar-refractivity contribution in [1.82, 2.24) is 5.43 Å². The topological polar surface area (TPSA) is 107 Å². The Hall–Kier alpha value is -4.15. The van der Waals surface area contributed by atoms with E-state index in [4.69, 9.17) is 9.15 Å². The van der Waals surface area contributed by atoms with Crippen molar-refractivity contribution in [2.45, 2.75) is 6.18 Å². The van der Waals surface area contributed by atoms with Crippen molar-refractivity contribution in [3.63, 3.8) is 0 Å². The van der Waals surface area contributed by atoms with Crippen molar-refractivity contribution in [3.05, 3.63) is 81.6 Å². The molecule has 0 saturated carbocycles. The highest BCUT2D eigenvalue weighted by Gasteiger charge is 2.30. The van der Waals surface area contributed by atoms with Gasteiger partial charge in [-0.1, -0.05) is 6.07 Å². The van der Waals surface area contributed by atoms with Gasteiger partial charge < -0.3 is 9.15 Å². The van der Waals surface area contributed by atoms with Crippen molar-refractivity contribution < 1.29 is 32.0 Å². The van der Waals surface area contributed by atoms with Crippen LogP contribution in [0.15, 0.2) is 64.1 Å². The molecule has 0 aliphatic heterocycles. The quantitative estimate of drug-likeness (QED) is 0.346. The molecule has 0 aliphatic rings. The summed E-state index contributed by atoms with van der Waals surface area (Å²) in [7, 11) is 1.40. The molecule has 31 heavy (non-hydrogen) atoms. The molecule has 3 rings (SSSR count). The SMILES string of the molecule is COc1ccc([N+](=O)[O-])cc1-c1ccc(/C=N\NC(=O)c2cccc(C(F)(F)F)c2)o1. The average Bonchev–Trinajstić information content (AvgIpc) is 3.21. The third-order valence-corrected chi connectivity index (χ3v) is 4.10. The summed E-state index contributed by atoms with van der Waals surface area (Å²) >= 11 is 0. The number of rotatable bonds is 6. The van der Waals surface area contributed by atoms with E-state index in [9.17, 15) is 28.1 Å². The van der Waals surface area contributed by atoms with Crippen LogP contribution in [0.25, 0.3) is 11.3 Å². The Morgan fingerprint density at radius 2 is 1.97 bits per heavy atom. The van der Waals surface area contributed by atoms with E-state index in [1.54, 1.807) is 0 Å². The van der Waals surface area contributed by atoms with Gasteiger partial charge in [-0.25, -0.2) is 5.43 Å². The zero-order valence-corrected chi connectivity index (χ0v) is 15.8. The van der Waals surface area contributed by atoms with Gasteiger partial charge in [-0.3, -0.25) is 14.9 Å². The number of hydrazone groups is 1. The number of nitro benzene ring substituents is 1. The van der Waals surface area contributed by atoms with Gasteiger partial charge in [0.05, 0.1) is 29.4 Å². The molecule has 8 nitrogen and oxygen atoms in total. The van der Waals surface area contributed by atoms with E-state index in [0.29, 0.717) is 17.4 Å². The fourth-order valence-corrected chi connectivity index (χ4v) is 2.62. The zero-order valence-electron chi connectivity index (χ0n) is 15.8. The minimum absolute atomic E-state index is 0.157. The largest absolute Gasteiger partial charge is 0.496 e. The van der Waals surface area contributed by atoms with Gasteiger partial charge in [0.1, 0.15) is 17.3 Å². The lowest BCUT2D eigenvalue weighted by atomic mass is 10.1. The summed E-state index contributed by atoms with van der Waals surface area (Å²) in [5, 5.41) is 14.7. The lowest BCUT2D eigenvalue weighted by Gasteiger charge is -2.07. The first kappa shape index (κ1) is 21.6. The van der Waals surface area contributed by atoms with E-state index < -0.39 is 22.6 Å². The number of carbonyl (C=O) groups excluding carboxylic acids is 1. The smallest absolute Gasteiger partial charge is 0.416 e. The highest BCUT2D eigenvalue weighted by molar-refractivity contribution is 5.95. The van der Waals surface area contributed by atoms with E-state index in [0.717, 1.165) is 18.3 Å². The fourth-order valence-electron chi connectivity index (χ4n) is 2.62. The summed E-state index contributed by atoms with van der Waals surface area (Å²) in [5.74, 6) is -0.0464. The van der Waals surface area contributed by atoms with Crippen LogP contribution in [0.2, 0.25) is 0 Å². The molecular weight excluding hydrogens is 419 g/mol. The predicted molar refractivity (Wildman–Crippen MR) is 104 cm³/mol. The van der Waals surface area contributed by atoms with Crippen LogP contribution < -0.4 is 10.2 Å². The van der Waals surface area contributed by atoms with Gasteiger partial charge in [0, 0.05) is 17.7 Å². The maximum absolute atomic E-state index is 12.8. The fraction of sp³-hybridized carbons (Fsp3) is 0.100. The maximum Gasteiger partial charge on any atom is 0.416 e. The third-order valence-electron chi connectivity index (χ3n) is 4.10. The summed E-state index contributed by atoms with van der Waals surface area (Å²) in [4.78, 5) is 22.5. The molecular formula is C20H14F3N3O5. The van der Waals surface area contributed by atoms with Gasteiger partial charge in [0.25, 0.3) is 11.6 Å². The number of halogens is 3. The molecule has 0 fully saturated rings. The number of methoxy groups -OCH3 is 1. The van der Waals surface area contributed by atoms with E-state index in [1.807, 2.05) is 0 Å². The second-order valence-corrected chi connectivity index (χ2v) is 6.12. The Morgan fingerprint density at radius 3 is 2.65 bits per heavy atom. The predicted octanol–water partition coefficient (Wildman–Crippen LogP) is 4.65. The van der Waals surface area contributed by atoms with Gasteiger partial charge in [0.2, 0.25) is 0 Å². The Labute approximate surface area is 173 Å². The molecule has 0 atom stereocenters. The van der Waals surface area contributed by atoms with Crippen molar-refractivity contribution in [1.29, 1.82) is 0 Å². The first-order chi connectivity index (χ1) is 14.7. The van der Waals surface area contributed by atoms with Crippen LogP contribution in [0.3, 0.4) is 0 Å². The number of hydrogen-bond donors (Lipinski definition) is 1. The van der Waals surface area contributed by atoms with Crippen molar-refractivity contribution in [3.8, 4) is 17.1 Å². The third kappa shape index (κ3) is 5.07. The average molecular weight is 433 g/mol. The molecule has 2 aromatic carbocycles. The Bertz CT molecular complexity index is 1150. The van der Waals surface area contributed by atoms with Crippen molar-refractivity contribution in [2.24, 2.45) is 5.10 Å². The molecule has 160 valence electrons. The number of furan rings is 1. The van der Waals surface area contributed by atoms with Crippen LogP contribution in [0.1, 0.15) is 21.7 Å². The summed E-state index contributed by atoms with van der Waals surface area (Å²) in [6, 6.07) is 10.9. The monoisotopic (exact) mass is 433 g/mol. The minimum atomic E-state index is -4.57. The first-order valence-corrected chi connectivity index (χ1v) is 8.62. The van der Waals surface area contributed by atoms with Gasteiger partial charge in [-0.2, -0.15) is 18.3 Å². The summed E-state index contributed by atoms with van der Waals surface area (Å²) < 4.78 is 49.0. The second kappa shape index (κ2) is 8.69. The molecule has 1 aromatic heterocycles. The molecule has 1 amide bonds. The molecule has 0 saturated heterocycles. The molecule has 3 aromatic rings. The number of nitrogens with one attached hydrogen (secondary N) is 1. The number of carbonyl (C=O) groups is 1. The van der Waals surface area contributed by atoms with Crippen LogP contribution in [-0.4, -0.2) is 24.2 Å². The highest BCUT2D eigenvalue weighted by atomic mass is 19.4. The lowest BCUT2D eigenvalue weighted by molar-refractivity contribution is -0.384.